The van der Waals surface area contributed by atoms with Gasteiger partial charge in [-0.1, -0.05) is 25.7 Å². The number of methoxy groups -OCH3 is 1. The molecule has 5 heteroatoms. The molecular formula is C12H18N2O2S. The second-order valence-electron chi connectivity index (χ2n) is 4.45. The maximum absolute atomic E-state index is 11.4. The van der Waals surface area contributed by atoms with E-state index in [1.54, 1.807) is 0 Å². The summed E-state index contributed by atoms with van der Waals surface area (Å²) in [5, 5.41) is 1.49. The molecular weight excluding hydrogens is 236 g/mol. The molecule has 0 aliphatic heterocycles. The van der Waals surface area contributed by atoms with Crippen LogP contribution in [0.4, 0.5) is 5.00 Å². The highest BCUT2D eigenvalue weighted by Gasteiger charge is 2.22. The van der Waals surface area contributed by atoms with Crippen LogP contribution in [0.2, 0.25) is 0 Å². The van der Waals surface area contributed by atoms with E-state index in [0.29, 0.717) is 10.9 Å². The van der Waals surface area contributed by atoms with Crippen LogP contribution in [0.15, 0.2) is 0 Å². The summed E-state index contributed by atoms with van der Waals surface area (Å²) in [4.78, 5) is 15.8. The highest BCUT2D eigenvalue weighted by molar-refractivity contribution is 7.16. The van der Waals surface area contributed by atoms with Crippen molar-refractivity contribution >= 4 is 22.3 Å². The van der Waals surface area contributed by atoms with Gasteiger partial charge >= 0.3 is 5.97 Å². The van der Waals surface area contributed by atoms with Gasteiger partial charge in [0.25, 0.3) is 0 Å². The second-order valence-corrected chi connectivity index (χ2v) is 5.51. The fourth-order valence-electron chi connectivity index (χ4n) is 2.29. The van der Waals surface area contributed by atoms with Crippen LogP contribution in [0, 0.1) is 0 Å². The minimum absolute atomic E-state index is 0.289. The molecule has 0 bridgehead atoms. The standard InChI is InChI=1S/C12H18N2O2S/c1-16-12(15)9-10(13)17-11(14-9)8-6-4-2-3-5-7-8/h8H,2-7,13H2,1H3. The molecule has 1 saturated carbocycles. The zero-order valence-corrected chi connectivity index (χ0v) is 10.9. The zero-order chi connectivity index (χ0) is 12.3. The van der Waals surface area contributed by atoms with Gasteiger partial charge in [-0.2, -0.15) is 0 Å². The Balaban J connectivity index is 2.18. The summed E-state index contributed by atoms with van der Waals surface area (Å²) in [6, 6.07) is 0. The van der Waals surface area contributed by atoms with Gasteiger partial charge in [0.05, 0.1) is 12.1 Å². The monoisotopic (exact) mass is 254 g/mol. The van der Waals surface area contributed by atoms with Crippen LogP contribution < -0.4 is 5.73 Å². The number of carbonyl (C=O) groups is 1. The molecule has 0 unspecified atom stereocenters. The average molecular weight is 254 g/mol. The third-order valence-corrected chi connectivity index (χ3v) is 4.30. The molecule has 0 spiro atoms. The SMILES string of the molecule is COC(=O)c1nc(C2CCCCCC2)sc1N. The Labute approximate surface area is 105 Å². The molecule has 17 heavy (non-hydrogen) atoms. The molecule has 2 N–H and O–H groups in total. The van der Waals surface area contributed by atoms with Crippen LogP contribution in [-0.4, -0.2) is 18.1 Å². The summed E-state index contributed by atoms with van der Waals surface area (Å²) in [7, 11) is 1.35. The van der Waals surface area contributed by atoms with E-state index in [1.807, 2.05) is 0 Å². The van der Waals surface area contributed by atoms with E-state index in [0.717, 1.165) is 17.8 Å². The molecule has 0 atom stereocenters. The number of nitrogens with two attached hydrogens (primary N) is 1. The largest absolute Gasteiger partial charge is 0.464 e. The molecule has 1 aromatic rings. The first-order valence-corrected chi connectivity index (χ1v) is 6.88. The first-order chi connectivity index (χ1) is 8.22. The van der Waals surface area contributed by atoms with Crippen LogP contribution in [0.25, 0.3) is 0 Å². The van der Waals surface area contributed by atoms with Gasteiger partial charge in [0.2, 0.25) is 0 Å². The van der Waals surface area contributed by atoms with Gasteiger partial charge < -0.3 is 10.5 Å². The molecule has 1 aliphatic carbocycles. The summed E-state index contributed by atoms with van der Waals surface area (Å²) in [6.07, 6.45) is 7.43. The van der Waals surface area contributed by atoms with E-state index >= 15 is 0 Å². The number of aromatic nitrogens is 1. The van der Waals surface area contributed by atoms with E-state index in [1.165, 1.54) is 44.1 Å². The summed E-state index contributed by atoms with van der Waals surface area (Å²) >= 11 is 1.44. The number of hydrogen-bond donors (Lipinski definition) is 1. The highest BCUT2D eigenvalue weighted by atomic mass is 32.1. The maximum atomic E-state index is 11.4. The number of nitrogen functional groups attached to an aromatic ring is 1. The number of anilines is 1. The summed E-state index contributed by atoms with van der Waals surface area (Å²) in [5.74, 6) is 0.0434. The Bertz CT molecular complexity index is 395. The van der Waals surface area contributed by atoms with Crippen LogP contribution in [0.3, 0.4) is 0 Å². The topological polar surface area (TPSA) is 65.2 Å². The lowest BCUT2D eigenvalue weighted by atomic mass is 10.0. The first kappa shape index (κ1) is 12.4. The molecule has 0 aromatic carbocycles. The highest BCUT2D eigenvalue weighted by Crippen LogP contribution is 2.36. The van der Waals surface area contributed by atoms with Crippen molar-refractivity contribution in [3.63, 3.8) is 0 Å². The lowest BCUT2D eigenvalue weighted by Crippen LogP contribution is -2.05. The molecule has 2 rings (SSSR count). The molecule has 4 nitrogen and oxygen atoms in total. The first-order valence-electron chi connectivity index (χ1n) is 6.07. The summed E-state index contributed by atoms with van der Waals surface area (Å²) in [6.45, 7) is 0. The van der Waals surface area contributed by atoms with Gasteiger partial charge in [-0.05, 0) is 12.8 Å². The van der Waals surface area contributed by atoms with Gasteiger partial charge in [-0.25, -0.2) is 9.78 Å². The normalized spacial score (nSPS) is 17.7. The Morgan fingerprint density at radius 3 is 2.59 bits per heavy atom. The smallest absolute Gasteiger partial charge is 0.359 e. The van der Waals surface area contributed by atoms with Gasteiger partial charge in [0, 0.05) is 5.92 Å². The summed E-state index contributed by atoms with van der Waals surface area (Å²) < 4.78 is 4.67. The fraction of sp³-hybridized carbons (Fsp3) is 0.667. The van der Waals surface area contributed by atoms with E-state index in [2.05, 4.69) is 9.72 Å². The number of nitrogens with zero attached hydrogens (tertiary/aromatic N) is 1. The van der Waals surface area contributed by atoms with Gasteiger partial charge in [-0.3, -0.25) is 0 Å². The number of carbonyl (C=O) groups excluding carboxylic acids is 1. The lowest BCUT2D eigenvalue weighted by Gasteiger charge is -2.09. The number of hydrogen-bond acceptors (Lipinski definition) is 5. The van der Waals surface area contributed by atoms with Crippen molar-refractivity contribution in [2.24, 2.45) is 0 Å². The quantitative estimate of drug-likeness (QED) is 0.651. The van der Waals surface area contributed by atoms with Crippen molar-refractivity contribution in [1.82, 2.24) is 4.98 Å². The van der Waals surface area contributed by atoms with Crippen molar-refractivity contribution in [3.05, 3.63) is 10.7 Å². The minimum atomic E-state index is -0.432. The second kappa shape index (κ2) is 5.49. The molecule has 1 aromatic heterocycles. The van der Waals surface area contributed by atoms with E-state index in [-0.39, 0.29) is 5.69 Å². The van der Waals surface area contributed by atoms with Crippen LogP contribution in [-0.2, 0) is 4.74 Å². The van der Waals surface area contributed by atoms with E-state index in [9.17, 15) is 4.79 Å². The van der Waals surface area contributed by atoms with Crippen molar-refractivity contribution in [2.75, 3.05) is 12.8 Å². The molecule has 94 valence electrons. The Kier molecular flexibility index (Phi) is 3.99. The number of rotatable bonds is 2. The van der Waals surface area contributed by atoms with Crippen molar-refractivity contribution in [3.8, 4) is 0 Å². The molecule has 1 fully saturated rings. The Morgan fingerprint density at radius 2 is 2.00 bits per heavy atom. The van der Waals surface area contributed by atoms with E-state index < -0.39 is 5.97 Å². The zero-order valence-electron chi connectivity index (χ0n) is 10.1. The predicted octanol–water partition coefficient (Wildman–Crippen LogP) is 2.95. The molecule has 1 heterocycles. The average Bonchev–Trinajstić information content (AvgIpc) is 2.57. The molecule has 0 saturated heterocycles. The van der Waals surface area contributed by atoms with Crippen LogP contribution in [0.5, 0.6) is 0 Å². The van der Waals surface area contributed by atoms with Crippen molar-refractivity contribution in [2.45, 2.75) is 44.4 Å². The number of thiazole rings is 1. The third kappa shape index (κ3) is 2.77. The summed E-state index contributed by atoms with van der Waals surface area (Å²) in [5.41, 5.74) is 6.11. The Morgan fingerprint density at radius 1 is 1.35 bits per heavy atom. The molecule has 0 amide bonds. The Hall–Kier alpha value is -1.10. The number of esters is 1. The number of ether oxygens (including phenoxy) is 1. The van der Waals surface area contributed by atoms with Crippen LogP contribution >= 0.6 is 11.3 Å². The van der Waals surface area contributed by atoms with Crippen LogP contribution in [0.1, 0.15) is 59.9 Å². The predicted molar refractivity (Wildman–Crippen MR) is 68.3 cm³/mol. The van der Waals surface area contributed by atoms with Gasteiger partial charge in [0.1, 0.15) is 5.00 Å². The lowest BCUT2D eigenvalue weighted by molar-refractivity contribution is 0.0596. The van der Waals surface area contributed by atoms with Crippen molar-refractivity contribution in [1.29, 1.82) is 0 Å². The van der Waals surface area contributed by atoms with E-state index in [4.69, 9.17) is 5.73 Å². The molecule has 0 radical (unpaired) electrons. The van der Waals surface area contributed by atoms with Gasteiger partial charge in [-0.15, -0.1) is 11.3 Å². The minimum Gasteiger partial charge on any atom is -0.464 e. The maximum Gasteiger partial charge on any atom is 0.359 e. The van der Waals surface area contributed by atoms with Gasteiger partial charge in [0.15, 0.2) is 5.69 Å². The van der Waals surface area contributed by atoms with Crippen molar-refractivity contribution < 1.29 is 9.53 Å². The fourth-order valence-corrected chi connectivity index (χ4v) is 3.28. The molecule has 1 aliphatic rings. The third-order valence-electron chi connectivity index (χ3n) is 3.25.